The Morgan fingerprint density at radius 1 is 1.13 bits per heavy atom. The van der Waals surface area contributed by atoms with Crippen LogP contribution in [0, 0.1) is 0 Å². The minimum absolute atomic E-state index is 0.553. The van der Waals surface area contributed by atoms with E-state index < -0.39 is 0 Å². The maximum absolute atomic E-state index is 4.54. The fourth-order valence-corrected chi connectivity index (χ4v) is 3.49. The molecule has 122 valence electrons. The Kier molecular flexibility index (Phi) is 5.16. The first-order valence-corrected chi connectivity index (χ1v) is 8.70. The molecule has 0 bridgehead atoms. The number of hydrazone groups is 1. The lowest BCUT2D eigenvalue weighted by Crippen LogP contribution is -2.26. The van der Waals surface area contributed by atoms with E-state index in [9.17, 15) is 0 Å². The summed E-state index contributed by atoms with van der Waals surface area (Å²) >= 11 is 0. The lowest BCUT2D eigenvalue weighted by Gasteiger charge is -2.21. The largest absolute Gasteiger partial charge is 0.377 e. The summed E-state index contributed by atoms with van der Waals surface area (Å²) in [4.78, 5) is 2.19. The number of allylic oxidation sites excluding steroid dienone is 3. The molecule has 2 aliphatic rings. The van der Waals surface area contributed by atoms with Gasteiger partial charge < -0.3 is 10.3 Å². The molecule has 0 spiro atoms. The van der Waals surface area contributed by atoms with Crippen LogP contribution in [0.25, 0.3) is 5.57 Å². The van der Waals surface area contributed by atoms with Crippen molar-refractivity contribution in [3.63, 3.8) is 0 Å². The van der Waals surface area contributed by atoms with E-state index >= 15 is 0 Å². The van der Waals surface area contributed by atoms with E-state index in [4.69, 9.17) is 0 Å². The highest BCUT2D eigenvalue weighted by molar-refractivity contribution is 5.90. The van der Waals surface area contributed by atoms with E-state index in [0.717, 1.165) is 6.42 Å². The molecule has 1 fully saturated rings. The maximum atomic E-state index is 4.54. The predicted octanol–water partition coefficient (Wildman–Crippen LogP) is 4.18. The lowest BCUT2D eigenvalue weighted by atomic mass is 9.96. The van der Waals surface area contributed by atoms with Gasteiger partial charge >= 0.3 is 0 Å². The average molecular weight is 309 g/mol. The van der Waals surface area contributed by atoms with E-state index in [1.807, 2.05) is 6.21 Å². The Morgan fingerprint density at radius 2 is 1.91 bits per heavy atom. The van der Waals surface area contributed by atoms with Crippen molar-refractivity contribution in [2.75, 3.05) is 14.1 Å². The van der Waals surface area contributed by atoms with Crippen molar-refractivity contribution in [3.8, 4) is 0 Å². The summed E-state index contributed by atoms with van der Waals surface area (Å²) in [6.07, 6.45) is 14.0. The van der Waals surface area contributed by atoms with Gasteiger partial charge in [0.15, 0.2) is 0 Å². The smallest absolute Gasteiger partial charge is 0.0546 e. The van der Waals surface area contributed by atoms with Gasteiger partial charge in [-0.15, -0.1) is 0 Å². The minimum Gasteiger partial charge on any atom is -0.377 e. The highest BCUT2D eigenvalue weighted by Crippen LogP contribution is 2.31. The summed E-state index contributed by atoms with van der Waals surface area (Å²) in [6.45, 7) is 0. The minimum atomic E-state index is 0.553. The van der Waals surface area contributed by atoms with Gasteiger partial charge in [-0.05, 0) is 36.5 Å². The first-order valence-electron chi connectivity index (χ1n) is 8.70. The topological polar surface area (TPSA) is 27.6 Å². The molecule has 1 aromatic carbocycles. The normalized spacial score (nSPS) is 18.9. The third-order valence-electron chi connectivity index (χ3n) is 4.74. The Balaban J connectivity index is 1.77. The van der Waals surface area contributed by atoms with Crippen LogP contribution in [-0.2, 0) is 0 Å². The fourth-order valence-electron chi connectivity index (χ4n) is 3.49. The Labute approximate surface area is 139 Å². The molecule has 0 saturated heterocycles. The molecule has 0 amide bonds. The summed E-state index contributed by atoms with van der Waals surface area (Å²) in [7, 11) is 4.21. The number of hydrogen-bond acceptors (Lipinski definition) is 3. The van der Waals surface area contributed by atoms with Crippen LogP contribution in [0.4, 0.5) is 0 Å². The Bertz CT molecular complexity index is 620. The Morgan fingerprint density at radius 3 is 2.70 bits per heavy atom. The highest BCUT2D eigenvalue weighted by atomic mass is 15.3. The number of rotatable bonds is 5. The molecule has 1 saturated carbocycles. The summed E-state index contributed by atoms with van der Waals surface area (Å²) < 4.78 is 0. The van der Waals surface area contributed by atoms with Gasteiger partial charge in [0.1, 0.15) is 0 Å². The molecular formula is C20H27N3. The molecular weight excluding hydrogens is 282 g/mol. The van der Waals surface area contributed by atoms with Crippen molar-refractivity contribution in [2.45, 2.75) is 44.6 Å². The standard InChI is InChI=1S/C20H27N3/c1-23(2)20-14-8-13-19(20)18-12-7-6-9-16(18)15-21-22-17-10-4-3-5-11-17/h6-9,12,14-15,17,22H,3-5,10-11,13H2,1-2H3/b21-15+. The van der Waals surface area contributed by atoms with Crippen LogP contribution in [-0.4, -0.2) is 31.3 Å². The van der Waals surface area contributed by atoms with Crippen LogP contribution in [0.1, 0.15) is 49.7 Å². The number of nitrogens with zero attached hydrogens (tertiary/aromatic N) is 2. The number of nitrogens with one attached hydrogen (secondary N) is 1. The zero-order valence-electron chi connectivity index (χ0n) is 14.3. The molecule has 0 atom stereocenters. The van der Waals surface area contributed by atoms with Crippen LogP contribution in [0.5, 0.6) is 0 Å². The van der Waals surface area contributed by atoms with Crippen molar-refractivity contribution in [3.05, 3.63) is 53.2 Å². The van der Waals surface area contributed by atoms with Gasteiger partial charge in [0, 0.05) is 31.4 Å². The van der Waals surface area contributed by atoms with Crippen molar-refractivity contribution in [1.82, 2.24) is 10.3 Å². The van der Waals surface area contributed by atoms with Crippen molar-refractivity contribution in [1.29, 1.82) is 0 Å². The molecule has 23 heavy (non-hydrogen) atoms. The molecule has 0 aromatic heterocycles. The van der Waals surface area contributed by atoms with E-state index in [1.54, 1.807) is 0 Å². The van der Waals surface area contributed by atoms with Gasteiger partial charge in [0.05, 0.1) is 6.21 Å². The molecule has 1 aromatic rings. The lowest BCUT2D eigenvalue weighted by molar-refractivity contribution is 0.381. The van der Waals surface area contributed by atoms with Gasteiger partial charge in [-0.25, -0.2) is 0 Å². The van der Waals surface area contributed by atoms with Gasteiger partial charge in [0.2, 0.25) is 0 Å². The van der Waals surface area contributed by atoms with Crippen LogP contribution in [0.15, 0.2) is 47.2 Å². The van der Waals surface area contributed by atoms with Gasteiger partial charge in [-0.1, -0.05) is 49.6 Å². The monoisotopic (exact) mass is 309 g/mol. The third-order valence-corrected chi connectivity index (χ3v) is 4.74. The second-order valence-electron chi connectivity index (χ2n) is 6.67. The summed E-state index contributed by atoms with van der Waals surface area (Å²) in [5.74, 6) is 0. The fraction of sp³-hybridized carbons (Fsp3) is 0.450. The molecule has 0 unspecified atom stereocenters. The van der Waals surface area contributed by atoms with Crippen molar-refractivity contribution >= 4 is 11.8 Å². The van der Waals surface area contributed by atoms with Gasteiger partial charge in [0.25, 0.3) is 0 Å². The first-order chi connectivity index (χ1) is 11.3. The van der Waals surface area contributed by atoms with Crippen molar-refractivity contribution < 1.29 is 0 Å². The molecule has 0 heterocycles. The van der Waals surface area contributed by atoms with E-state index in [-0.39, 0.29) is 0 Å². The summed E-state index contributed by atoms with van der Waals surface area (Å²) in [5.41, 5.74) is 8.51. The van der Waals surface area contributed by atoms with E-state index in [1.165, 1.54) is 54.5 Å². The van der Waals surface area contributed by atoms with Crippen molar-refractivity contribution in [2.24, 2.45) is 5.10 Å². The average Bonchev–Trinajstić information content (AvgIpc) is 3.06. The second-order valence-corrected chi connectivity index (χ2v) is 6.67. The molecule has 1 N–H and O–H groups in total. The molecule has 2 aliphatic carbocycles. The molecule has 0 radical (unpaired) electrons. The molecule has 3 nitrogen and oxygen atoms in total. The number of benzene rings is 1. The van der Waals surface area contributed by atoms with Crippen LogP contribution >= 0.6 is 0 Å². The van der Waals surface area contributed by atoms with E-state index in [0.29, 0.717) is 6.04 Å². The second kappa shape index (κ2) is 7.49. The summed E-state index contributed by atoms with van der Waals surface area (Å²) in [5, 5.41) is 4.54. The predicted molar refractivity (Wildman–Crippen MR) is 98.4 cm³/mol. The highest BCUT2D eigenvalue weighted by Gasteiger charge is 2.15. The zero-order valence-corrected chi connectivity index (χ0v) is 14.3. The van der Waals surface area contributed by atoms with Crippen LogP contribution in [0.3, 0.4) is 0 Å². The Hall–Kier alpha value is -2.03. The quantitative estimate of drug-likeness (QED) is 0.653. The molecule has 3 heteroatoms. The molecule has 0 aliphatic heterocycles. The summed E-state index contributed by atoms with van der Waals surface area (Å²) in [6, 6.07) is 9.11. The number of hydrogen-bond donors (Lipinski definition) is 1. The first kappa shape index (κ1) is 15.9. The van der Waals surface area contributed by atoms with Crippen LogP contribution < -0.4 is 5.43 Å². The SMILES string of the molecule is CN(C)C1=C(c2ccccc2/C=N/NC2CCCCC2)CC=C1. The van der Waals surface area contributed by atoms with Crippen LogP contribution in [0.2, 0.25) is 0 Å². The van der Waals surface area contributed by atoms with E-state index in [2.05, 4.69) is 65.9 Å². The maximum Gasteiger partial charge on any atom is 0.0546 e. The van der Waals surface area contributed by atoms with Gasteiger partial charge in [-0.2, -0.15) is 5.10 Å². The van der Waals surface area contributed by atoms with Gasteiger partial charge in [-0.3, -0.25) is 0 Å². The zero-order chi connectivity index (χ0) is 16.1. The molecule has 3 rings (SSSR count). The third kappa shape index (κ3) is 3.84. The number of likely N-dealkylation sites (N-methyl/N-ethyl adjacent to an activating group) is 1.